The highest BCUT2D eigenvalue weighted by Crippen LogP contribution is 2.56. The summed E-state index contributed by atoms with van der Waals surface area (Å²) in [7, 11) is -1.95. The van der Waals surface area contributed by atoms with Crippen molar-refractivity contribution in [1.29, 1.82) is 0 Å². The van der Waals surface area contributed by atoms with E-state index in [2.05, 4.69) is 138 Å². The number of rotatable bonds is 18. The fraction of sp³-hybridized carbons (Fsp3) is 0.385. The minimum absolute atomic E-state index is 0. The van der Waals surface area contributed by atoms with E-state index < -0.39 is 25.0 Å². The summed E-state index contributed by atoms with van der Waals surface area (Å²) < 4.78 is 24.8. The van der Waals surface area contributed by atoms with Crippen LogP contribution in [0.4, 0.5) is 4.79 Å². The van der Waals surface area contributed by atoms with Crippen LogP contribution in [0.15, 0.2) is 121 Å². The Balaban J connectivity index is 0.00000704. The van der Waals surface area contributed by atoms with E-state index in [1.165, 1.54) is 15.9 Å². The van der Waals surface area contributed by atoms with Gasteiger partial charge in [-0.2, -0.15) is 0 Å². The molecule has 5 aromatic rings. The number of halogens is 1. The fourth-order valence-electron chi connectivity index (χ4n) is 8.32. The molecule has 0 radical (unpaired) electrons. The van der Waals surface area contributed by atoms with E-state index in [1.54, 1.807) is 0 Å². The summed E-state index contributed by atoms with van der Waals surface area (Å²) in [6.45, 7) is 15.0. The lowest BCUT2D eigenvalue weighted by molar-refractivity contribution is -0.144. The van der Waals surface area contributed by atoms with Gasteiger partial charge >= 0.3 is 12.1 Å². The lowest BCUT2D eigenvalue weighted by Crippen LogP contribution is -3.00. The molecule has 0 bridgehead atoms. The number of carbonyl (C=O) groups is 2. The van der Waals surface area contributed by atoms with Gasteiger partial charge in [0, 0.05) is 17.4 Å². The average Bonchev–Trinajstić information content (AvgIpc) is 3.26. The van der Waals surface area contributed by atoms with E-state index in [-0.39, 0.29) is 41.8 Å². The van der Waals surface area contributed by atoms with Crippen LogP contribution in [0.5, 0.6) is 11.5 Å². The molecule has 6 rings (SSSR count). The molecule has 0 saturated heterocycles. The molecule has 0 spiro atoms. The summed E-state index contributed by atoms with van der Waals surface area (Å²) in [5.74, 6) is 1.50. The number of ether oxygens (including phenoxy) is 4. The zero-order chi connectivity index (χ0) is 42.8. The Bertz CT molecular complexity index is 2080. The predicted molar refractivity (Wildman–Crippen MR) is 246 cm³/mol. The molecule has 1 amide bonds. The molecule has 1 heterocycles. The van der Waals surface area contributed by atoms with Gasteiger partial charge in [-0.05, 0) is 132 Å². The molecule has 0 aromatic heterocycles. The highest BCUT2D eigenvalue weighted by molar-refractivity contribution is 7.95. The van der Waals surface area contributed by atoms with Gasteiger partial charge in [0.25, 0.3) is 0 Å². The molecule has 1 aliphatic rings. The van der Waals surface area contributed by atoms with Gasteiger partial charge in [0.2, 0.25) is 0 Å². The standard InChI is InChI=1S/C52H62NO6P.BrH/c1-38-39(2)48-45(32-34-52(6,7)59-48)40(3)47(38)58-49(53-50(55)57-37-41-23-12-8-13-24-41)51(4,5)33-22-35-56-46(54)31-20-21-36-60(42-25-14-9-15-26-42,43-27-16-10-17-28-43)44-29-18-11-19-30-44;/h8-19,23-30,49H,20-22,31-37H2,1-7H3;1H. The molecule has 0 saturated carbocycles. The Labute approximate surface area is 375 Å². The SMILES string of the molecule is Cc1c(C)c2c(c(C)c1OC(NC(=O)OCc1ccccc1)C(C)(C)CCCOC(=O)CCCC[P+](c1ccccc1)(c1ccccc1)c1ccccc1)CCC(C)(C)O2.[Br-]. The number of alkyl carbamates (subject to hydrolysis) is 1. The van der Waals surface area contributed by atoms with Crippen LogP contribution in [0.1, 0.15) is 94.0 Å². The molecule has 5 aromatic carbocycles. The minimum atomic E-state index is -1.95. The third kappa shape index (κ3) is 11.8. The fourth-order valence-corrected chi connectivity index (χ4v) is 12.7. The van der Waals surface area contributed by atoms with Crippen molar-refractivity contribution < 1.29 is 45.5 Å². The molecule has 0 fully saturated rings. The number of hydrogen-bond acceptors (Lipinski definition) is 6. The summed E-state index contributed by atoms with van der Waals surface area (Å²) in [5.41, 5.74) is 4.30. The monoisotopic (exact) mass is 907 g/mol. The van der Waals surface area contributed by atoms with Crippen LogP contribution in [-0.4, -0.2) is 36.7 Å². The number of unbranched alkanes of at least 4 members (excludes halogenated alkanes) is 1. The lowest BCUT2D eigenvalue weighted by atomic mass is 9.85. The molecule has 1 aliphatic heterocycles. The van der Waals surface area contributed by atoms with Crippen LogP contribution in [-0.2, 0) is 27.3 Å². The topological polar surface area (TPSA) is 83.1 Å². The van der Waals surface area contributed by atoms with Crippen molar-refractivity contribution in [3.05, 3.63) is 149 Å². The van der Waals surface area contributed by atoms with Crippen LogP contribution < -0.4 is 47.7 Å². The van der Waals surface area contributed by atoms with Gasteiger partial charge in [-0.3, -0.25) is 10.1 Å². The van der Waals surface area contributed by atoms with Gasteiger partial charge in [0.1, 0.15) is 46.9 Å². The maximum absolute atomic E-state index is 13.4. The van der Waals surface area contributed by atoms with E-state index in [0.29, 0.717) is 19.3 Å². The van der Waals surface area contributed by atoms with E-state index >= 15 is 0 Å². The van der Waals surface area contributed by atoms with Crippen molar-refractivity contribution in [3.8, 4) is 11.5 Å². The zero-order valence-corrected chi connectivity index (χ0v) is 39.5. The Hall–Kier alpha value is -4.65. The molecule has 1 atom stereocenters. The zero-order valence-electron chi connectivity index (χ0n) is 37.0. The largest absolute Gasteiger partial charge is 1.00 e. The van der Waals surface area contributed by atoms with Crippen molar-refractivity contribution in [3.63, 3.8) is 0 Å². The number of amides is 1. The van der Waals surface area contributed by atoms with Crippen LogP contribution in [0, 0.1) is 26.2 Å². The second kappa shape index (κ2) is 21.4. The third-order valence-corrected chi connectivity index (χ3v) is 16.5. The first-order valence-electron chi connectivity index (χ1n) is 21.5. The second-order valence-corrected chi connectivity index (χ2v) is 21.0. The molecule has 9 heteroatoms. The van der Waals surface area contributed by atoms with Crippen molar-refractivity contribution in [2.24, 2.45) is 5.41 Å². The van der Waals surface area contributed by atoms with Gasteiger partial charge in [0.05, 0.1) is 12.8 Å². The number of benzene rings is 5. The Morgan fingerprint density at radius 2 is 1.28 bits per heavy atom. The average molecular weight is 909 g/mol. The Morgan fingerprint density at radius 3 is 1.84 bits per heavy atom. The highest BCUT2D eigenvalue weighted by atomic mass is 79.9. The summed E-state index contributed by atoms with van der Waals surface area (Å²) in [4.78, 5) is 26.5. The van der Waals surface area contributed by atoms with Crippen LogP contribution >= 0.6 is 7.26 Å². The predicted octanol–water partition coefficient (Wildman–Crippen LogP) is 7.86. The first kappa shape index (κ1) is 47.4. The van der Waals surface area contributed by atoms with E-state index in [1.807, 2.05) is 37.3 Å². The van der Waals surface area contributed by atoms with Crippen molar-refractivity contribution >= 4 is 35.2 Å². The smallest absolute Gasteiger partial charge is 0.410 e. The third-order valence-electron chi connectivity index (χ3n) is 12.0. The molecule has 1 unspecified atom stereocenters. The minimum Gasteiger partial charge on any atom is -1.00 e. The molecular weight excluding hydrogens is 845 g/mol. The lowest BCUT2D eigenvalue weighted by Gasteiger charge is -2.38. The van der Waals surface area contributed by atoms with E-state index in [4.69, 9.17) is 18.9 Å². The second-order valence-electron chi connectivity index (χ2n) is 17.4. The van der Waals surface area contributed by atoms with Gasteiger partial charge in [0.15, 0.2) is 6.23 Å². The van der Waals surface area contributed by atoms with E-state index in [0.717, 1.165) is 71.2 Å². The molecular formula is C52H63BrNO6P. The van der Waals surface area contributed by atoms with Crippen molar-refractivity contribution in [2.45, 2.75) is 112 Å². The van der Waals surface area contributed by atoms with Gasteiger partial charge in [-0.1, -0.05) is 98.8 Å². The van der Waals surface area contributed by atoms with E-state index in [9.17, 15) is 9.59 Å². The summed E-state index contributed by atoms with van der Waals surface area (Å²) in [5, 5.41) is 7.09. The molecule has 61 heavy (non-hydrogen) atoms. The van der Waals surface area contributed by atoms with Crippen molar-refractivity contribution in [1.82, 2.24) is 5.32 Å². The summed E-state index contributed by atoms with van der Waals surface area (Å²) >= 11 is 0. The van der Waals surface area contributed by atoms with Gasteiger partial charge < -0.3 is 35.9 Å². The summed E-state index contributed by atoms with van der Waals surface area (Å²) in [6.07, 6.45) is 4.68. The van der Waals surface area contributed by atoms with Crippen LogP contribution in [0.2, 0.25) is 0 Å². The summed E-state index contributed by atoms with van der Waals surface area (Å²) in [6, 6.07) is 42.2. The van der Waals surface area contributed by atoms with Crippen LogP contribution in [0.25, 0.3) is 0 Å². The molecule has 1 N–H and O–H groups in total. The normalized spacial score (nSPS) is 13.8. The maximum Gasteiger partial charge on any atom is 0.410 e. The molecule has 7 nitrogen and oxygen atoms in total. The molecule has 0 aliphatic carbocycles. The van der Waals surface area contributed by atoms with Gasteiger partial charge in [-0.25, -0.2) is 4.79 Å². The number of carbonyl (C=O) groups excluding carboxylic acids is 2. The van der Waals surface area contributed by atoms with Crippen molar-refractivity contribution in [2.75, 3.05) is 12.8 Å². The van der Waals surface area contributed by atoms with Crippen LogP contribution in [0.3, 0.4) is 0 Å². The number of hydrogen-bond donors (Lipinski definition) is 1. The first-order valence-corrected chi connectivity index (χ1v) is 23.4. The highest BCUT2D eigenvalue weighted by Gasteiger charge is 2.44. The quantitative estimate of drug-likeness (QED) is 0.0418. The Kier molecular flexibility index (Phi) is 16.7. The maximum atomic E-state index is 13.4. The number of esters is 1. The van der Waals surface area contributed by atoms with Gasteiger partial charge in [-0.15, -0.1) is 0 Å². The Morgan fingerprint density at radius 1 is 0.738 bits per heavy atom. The number of nitrogens with one attached hydrogen (secondary N) is 1. The number of fused-ring (bicyclic) bond motifs is 1. The first-order chi connectivity index (χ1) is 28.8. The molecule has 324 valence electrons.